The van der Waals surface area contributed by atoms with Crippen molar-refractivity contribution >= 4 is 34.8 Å². The number of amides is 2. The molecule has 2 amide bonds. The summed E-state index contributed by atoms with van der Waals surface area (Å²) in [5.74, 6) is -1.85. The first-order valence-electron chi connectivity index (χ1n) is 9.94. The summed E-state index contributed by atoms with van der Waals surface area (Å²) >= 11 is 0. The van der Waals surface area contributed by atoms with E-state index in [1.807, 2.05) is 13.0 Å². The minimum absolute atomic E-state index is 0.0813. The molecule has 0 aliphatic carbocycles. The number of nitro benzene ring substituents is 1. The van der Waals surface area contributed by atoms with Crippen molar-refractivity contribution in [1.82, 2.24) is 0 Å². The fourth-order valence-electron chi connectivity index (χ4n) is 3.10. The van der Waals surface area contributed by atoms with Gasteiger partial charge in [-0.2, -0.15) is 0 Å². The minimum atomic E-state index is -0.805. The molecule has 0 heterocycles. The standard InChI is InChI=1S/C24H21N3O6/c1-15-7-5-8-17(13-15)23(29)26-20-10-4-3-9-18(20)24(30)33-14-22(28)25-19-11-6-12-21(16(19)2)27(31)32/h3-13H,14H2,1-2H3,(H,25,28)(H,26,29). The second-order valence-corrected chi connectivity index (χ2v) is 7.20. The summed E-state index contributed by atoms with van der Waals surface area (Å²) in [6.45, 7) is 2.76. The number of aryl methyl sites for hydroxylation is 1. The van der Waals surface area contributed by atoms with E-state index < -0.39 is 29.3 Å². The molecule has 0 saturated carbocycles. The number of nitrogens with zero attached hydrogens (tertiary/aromatic N) is 1. The predicted molar refractivity (Wildman–Crippen MR) is 122 cm³/mol. The Bertz CT molecular complexity index is 1240. The van der Waals surface area contributed by atoms with Crippen LogP contribution < -0.4 is 10.6 Å². The lowest BCUT2D eigenvalue weighted by atomic mass is 10.1. The van der Waals surface area contributed by atoms with E-state index in [1.54, 1.807) is 36.4 Å². The molecule has 0 radical (unpaired) electrons. The van der Waals surface area contributed by atoms with Crippen LogP contribution in [0.3, 0.4) is 0 Å². The number of hydrogen-bond acceptors (Lipinski definition) is 6. The summed E-state index contributed by atoms with van der Waals surface area (Å²) in [6, 6.07) is 17.6. The van der Waals surface area contributed by atoms with Crippen molar-refractivity contribution in [3.05, 3.63) is 99.1 Å². The molecule has 0 bridgehead atoms. The van der Waals surface area contributed by atoms with Gasteiger partial charge in [0.25, 0.3) is 17.5 Å². The lowest BCUT2D eigenvalue weighted by Crippen LogP contribution is -2.22. The van der Waals surface area contributed by atoms with Gasteiger partial charge < -0.3 is 15.4 Å². The highest BCUT2D eigenvalue weighted by Gasteiger charge is 2.18. The van der Waals surface area contributed by atoms with Gasteiger partial charge in [-0.15, -0.1) is 0 Å². The molecule has 168 valence electrons. The molecule has 0 aliphatic heterocycles. The van der Waals surface area contributed by atoms with E-state index in [0.29, 0.717) is 5.56 Å². The molecule has 0 spiro atoms. The number of carbonyl (C=O) groups excluding carboxylic acids is 3. The second-order valence-electron chi connectivity index (χ2n) is 7.20. The van der Waals surface area contributed by atoms with Crippen molar-refractivity contribution in [2.75, 3.05) is 17.2 Å². The Morgan fingerprint density at radius 3 is 2.33 bits per heavy atom. The van der Waals surface area contributed by atoms with Crippen molar-refractivity contribution in [2.24, 2.45) is 0 Å². The molecule has 0 aromatic heterocycles. The Morgan fingerprint density at radius 1 is 0.909 bits per heavy atom. The molecule has 0 aliphatic rings. The van der Waals surface area contributed by atoms with Crippen molar-refractivity contribution in [1.29, 1.82) is 0 Å². The first-order valence-corrected chi connectivity index (χ1v) is 9.94. The summed E-state index contributed by atoms with van der Waals surface area (Å²) in [6.07, 6.45) is 0. The Labute approximate surface area is 189 Å². The van der Waals surface area contributed by atoms with E-state index >= 15 is 0 Å². The highest BCUT2D eigenvalue weighted by atomic mass is 16.6. The molecule has 9 nitrogen and oxygen atoms in total. The van der Waals surface area contributed by atoms with Gasteiger partial charge in [0, 0.05) is 11.6 Å². The normalized spacial score (nSPS) is 10.2. The van der Waals surface area contributed by atoms with Gasteiger partial charge in [0.1, 0.15) is 0 Å². The van der Waals surface area contributed by atoms with Crippen LogP contribution in [0.4, 0.5) is 17.1 Å². The third-order valence-electron chi connectivity index (χ3n) is 4.79. The maximum absolute atomic E-state index is 12.6. The molecule has 9 heteroatoms. The smallest absolute Gasteiger partial charge is 0.340 e. The maximum atomic E-state index is 12.6. The van der Waals surface area contributed by atoms with Gasteiger partial charge in [0.2, 0.25) is 0 Å². The van der Waals surface area contributed by atoms with Crippen LogP contribution in [0.25, 0.3) is 0 Å². The van der Waals surface area contributed by atoms with Gasteiger partial charge >= 0.3 is 5.97 Å². The van der Waals surface area contributed by atoms with E-state index in [-0.39, 0.29) is 28.2 Å². The first kappa shape index (κ1) is 23.1. The summed E-state index contributed by atoms with van der Waals surface area (Å²) < 4.78 is 5.09. The third kappa shape index (κ3) is 5.79. The number of rotatable bonds is 7. The average Bonchev–Trinajstić information content (AvgIpc) is 2.79. The molecule has 33 heavy (non-hydrogen) atoms. The zero-order valence-electron chi connectivity index (χ0n) is 18.0. The fourth-order valence-corrected chi connectivity index (χ4v) is 3.10. The van der Waals surface area contributed by atoms with Gasteiger partial charge in [-0.1, -0.05) is 35.9 Å². The molecule has 0 saturated heterocycles. The molecular weight excluding hydrogens is 426 g/mol. The van der Waals surface area contributed by atoms with Crippen LogP contribution in [0.15, 0.2) is 66.7 Å². The van der Waals surface area contributed by atoms with Crippen LogP contribution in [0.1, 0.15) is 31.8 Å². The number of nitro groups is 1. The van der Waals surface area contributed by atoms with Crippen LogP contribution in [0, 0.1) is 24.0 Å². The van der Waals surface area contributed by atoms with Crippen LogP contribution in [-0.2, 0) is 9.53 Å². The zero-order chi connectivity index (χ0) is 24.0. The number of ether oxygens (including phenoxy) is 1. The van der Waals surface area contributed by atoms with Crippen LogP contribution >= 0.6 is 0 Å². The van der Waals surface area contributed by atoms with E-state index in [0.717, 1.165) is 5.56 Å². The molecule has 2 N–H and O–H groups in total. The summed E-state index contributed by atoms with van der Waals surface area (Å²) in [4.78, 5) is 47.8. The van der Waals surface area contributed by atoms with Gasteiger partial charge in [0.15, 0.2) is 6.61 Å². The topological polar surface area (TPSA) is 128 Å². The highest BCUT2D eigenvalue weighted by molar-refractivity contribution is 6.08. The number of para-hydroxylation sites is 1. The van der Waals surface area contributed by atoms with Gasteiger partial charge in [0.05, 0.1) is 27.4 Å². The number of carbonyl (C=O) groups is 3. The Hall–Kier alpha value is -4.53. The molecule has 3 rings (SSSR count). The van der Waals surface area contributed by atoms with Crippen molar-refractivity contribution < 1.29 is 24.0 Å². The van der Waals surface area contributed by atoms with E-state index in [1.165, 1.54) is 31.2 Å². The third-order valence-corrected chi connectivity index (χ3v) is 4.79. The van der Waals surface area contributed by atoms with Crippen LogP contribution in [0.2, 0.25) is 0 Å². The second kappa shape index (κ2) is 10.2. The average molecular weight is 447 g/mol. The number of benzene rings is 3. The predicted octanol–water partition coefficient (Wildman–Crippen LogP) is 4.26. The summed E-state index contributed by atoms with van der Waals surface area (Å²) in [5.41, 5.74) is 2.07. The monoisotopic (exact) mass is 447 g/mol. The lowest BCUT2D eigenvalue weighted by Gasteiger charge is -2.12. The Balaban J connectivity index is 1.65. The van der Waals surface area contributed by atoms with Crippen molar-refractivity contribution in [3.8, 4) is 0 Å². The van der Waals surface area contributed by atoms with Gasteiger partial charge in [-0.25, -0.2) is 4.79 Å². The number of hydrogen-bond donors (Lipinski definition) is 2. The van der Waals surface area contributed by atoms with Crippen molar-refractivity contribution in [2.45, 2.75) is 13.8 Å². The number of nitrogens with one attached hydrogen (secondary N) is 2. The molecule has 0 fully saturated rings. The van der Waals surface area contributed by atoms with E-state index in [2.05, 4.69) is 10.6 Å². The zero-order valence-corrected chi connectivity index (χ0v) is 18.0. The maximum Gasteiger partial charge on any atom is 0.340 e. The van der Waals surface area contributed by atoms with Crippen LogP contribution in [0.5, 0.6) is 0 Å². The van der Waals surface area contributed by atoms with Gasteiger partial charge in [-0.05, 0) is 44.2 Å². The van der Waals surface area contributed by atoms with Gasteiger partial charge in [-0.3, -0.25) is 19.7 Å². The molecular formula is C24H21N3O6. The van der Waals surface area contributed by atoms with Crippen molar-refractivity contribution in [3.63, 3.8) is 0 Å². The summed E-state index contributed by atoms with van der Waals surface area (Å²) in [7, 11) is 0. The van der Waals surface area contributed by atoms with E-state index in [4.69, 9.17) is 4.74 Å². The Kier molecular flexibility index (Phi) is 7.14. The number of anilines is 2. The first-order chi connectivity index (χ1) is 15.8. The quantitative estimate of drug-likeness (QED) is 0.316. The molecule has 0 atom stereocenters. The minimum Gasteiger partial charge on any atom is -0.452 e. The fraction of sp³-hybridized carbons (Fsp3) is 0.125. The lowest BCUT2D eigenvalue weighted by molar-refractivity contribution is -0.385. The largest absolute Gasteiger partial charge is 0.452 e. The molecule has 3 aromatic rings. The SMILES string of the molecule is Cc1cccc(C(=O)Nc2ccccc2C(=O)OCC(=O)Nc2cccc([N+](=O)[O-])c2C)c1. The van der Waals surface area contributed by atoms with Crippen LogP contribution in [-0.4, -0.2) is 29.3 Å². The Morgan fingerprint density at radius 2 is 1.61 bits per heavy atom. The van der Waals surface area contributed by atoms with E-state index in [9.17, 15) is 24.5 Å². The highest BCUT2D eigenvalue weighted by Crippen LogP contribution is 2.25. The molecule has 0 unspecified atom stereocenters. The number of esters is 1. The molecule has 3 aromatic carbocycles. The summed E-state index contributed by atoms with van der Waals surface area (Å²) in [5, 5.41) is 16.2.